The first-order valence-electron chi connectivity index (χ1n) is 10.5. The molecule has 0 saturated heterocycles. The van der Waals surface area contributed by atoms with E-state index in [1.807, 2.05) is 6.07 Å². The topological polar surface area (TPSA) is 101 Å². The SMILES string of the molecule is COc1ccccc1NC(=O)c1ccc(NC(=O)C[NH+](C)CC(=O)Nc2ccc(Cl)cc2)cc1. The molecule has 0 spiro atoms. The zero-order valence-corrected chi connectivity index (χ0v) is 19.6. The summed E-state index contributed by atoms with van der Waals surface area (Å²) in [4.78, 5) is 37.8. The molecule has 3 aromatic carbocycles. The third-order valence-corrected chi connectivity index (χ3v) is 5.09. The number of rotatable bonds is 9. The minimum atomic E-state index is -0.293. The Morgan fingerprint density at radius 2 is 1.32 bits per heavy atom. The minimum absolute atomic E-state index is 0.101. The van der Waals surface area contributed by atoms with Gasteiger partial charge in [0.15, 0.2) is 13.1 Å². The van der Waals surface area contributed by atoms with Crippen molar-refractivity contribution in [3.8, 4) is 5.75 Å². The van der Waals surface area contributed by atoms with Crippen molar-refractivity contribution in [2.24, 2.45) is 0 Å². The number of ether oxygens (including phenoxy) is 1. The smallest absolute Gasteiger partial charge is 0.279 e. The fourth-order valence-corrected chi connectivity index (χ4v) is 3.33. The van der Waals surface area contributed by atoms with E-state index in [2.05, 4.69) is 16.0 Å². The summed E-state index contributed by atoms with van der Waals surface area (Å²) in [6.07, 6.45) is 0. The molecule has 1 atom stereocenters. The largest absolute Gasteiger partial charge is 0.495 e. The number of methoxy groups -OCH3 is 1. The Hall–Kier alpha value is -3.88. The molecular weight excluding hydrogens is 456 g/mol. The highest BCUT2D eigenvalue weighted by molar-refractivity contribution is 6.30. The maximum absolute atomic E-state index is 12.5. The maximum Gasteiger partial charge on any atom is 0.279 e. The molecule has 9 heteroatoms. The highest BCUT2D eigenvalue weighted by Gasteiger charge is 2.15. The van der Waals surface area contributed by atoms with Crippen molar-refractivity contribution in [3.05, 3.63) is 83.4 Å². The first-order chi connectivity index (χ1) is 16.3. The molecule has 0 radical (unpaired) electrons. The number of para-hydroxylation sites is 2. The van der Waals surface area contributed by atoms with Gasteiger partial charge in [0.05, 0.1) is 19.8 Å². The van der Waals surface area contributed by atoms with Gasteiger partial charge in [-0.25, -0.2) is 0 Å². The third kappa shape index (κ3) is 7.33. The monoisotopic (exact) mass is 481 g/mol. The fourth-order valence-electron chi connectivity index (χ4n) is 3.20. The summed E-state index contributed by atoms with van der Waals surface area (Å²) in [5.41, 5.74) is 2.20. The van der Waals surface area contributed by atoms with Crippen LogP contribution in [0.4, 0.5) is 17.1 Å². The summed E-state index contributed by atoms with van der Waals surface area (Å²) in [7, 11) is 3.29. The van der Waals surface area contributed by atoms with Gasteiger partial charge in [-0.2, -0.15) is 0 Å². The quantitative estimate of drug-likeness (QED) is 0.377. The van der Waals surface area contributed by atoms with Crippen LogP contribution in [0.2, 0.25) is 5.02 Å². The van der Waals surface area contributed by atoms with Crippen LogP contribution in [0.3, 0.4) is 0 Å². The number of halogens is 1. The van der Waals surface area contributed by atoms with E-state index in [1.165, 1.54) is 7.11 Å². The molecule has 0 aliphatic heterocycles. The first kappa shape index (κ1) is 24.8. The van der Waals surface area contributed by atoms with Gasteiger partial charge in [0.1, 0.15) is 5.75 Å². The van der Waals surface area contributed by atoms with Crippen LogP contribution in [0, 0.1) is 0 Å². The Balaban J connectivity index is 1.47. The molecule has 8 nitrogen and oxygen atoms in total. The number of hydrogen-bond acceptors (Lipinski definition) is 4. The van der Waals surface area contributed by atoms with Gasteiger partial charge in [-0.05, 0) is 60.7 Å². The number of hydrogen-bond donors (Lipinski definition) is 4. The predicted octanol–water partition coefficient (Wildman–Crippen LogP) is 2.69. The summed E-state index contributed by atoms with van der Waals surface area (Å²) >= 11 is 5.84. The minimum Gasteiger partial charge on any atom is -0.495 e. The van der Waals surface area contributed by atoms with E-state index in [0.29, 0.717) is 33.4 Å². The molecule has 0 aliphatic rings. The van der Waals surface area contributed by atoms with Gasteiger partial charge in [0, 0.05) is 22.0 Å². The molecule has 3 aromatic rings. The normalized spacial score (nSPS) is 11.3. The van der Waals surface area contributed by atoms with Crippen molar-refractivity contribution in [2.45, 2.75) is 0 Å². The predicted molar refractivity (Wildman–Crippen MR) is 133 cm³/mol. The average molecular weight is 482 g/mol. The zero-order valence-electron chi connectivity index (χ0n) is 18.9. The van der Waals surface area contributed by atoms with E-state index in [4.69, 9.17) is 16.3 Å². The summed E-state index contributed by atoms with van der Waals surface area (Å²) in [6.45, 7) is 0.224. The number of amides is 3. The molecule has 176 valence electrons. The van der Waals surface area contributed by atoms with Crippen molar-refractivity contribution in [3.63, 3.8) is 0 Å². The lowest BCUT2D eigenvalue weighted by Gasteiger charge is -2.14. The van der Waals surface area contributed by atoms with Crippen LogP contribution in [-0.4, -0.2) is 45.0 Å². The lowest BCUT2D eigenvalue weighted by atomic mass is 10.2. The van der Waals surface area contributed by atoms with E-state index in [9.17, 15) is 14.4 Å². The lowest BCUT2D eigenvalue weighted by molar-refractivity contribution is -0.862. The molecule has 4 N–H and O–H groups in total. The van der Waals surface area contributed by atoms with Gasteiger partial charge < -0.3 is 25.6 Å². The molecule has 0 fully saturated rings. The molecule has 3 amide bonds. The van der Waals surface area contributed by atoms with Gasteiger partial charge in [-0.3, -0.25) is 14.4 Å². The highest BCUT2D eigenvalue weighted by atomic mass is 35.5. The first-order valence-corrected chi connectivity index (χ1v) is 10.9. The number of quaternary nitrogens is 1. The van der Waals surface area contributed by atoms with Crippen LogP contribution in [-0.2, 0) is 9.59 Å². The standard InChI is InChI=1S/C25H25ClN4O4/c1-30(16-24(32)28-20-13-9-18(26)10-14-20)15-23(31)27-19-11-7-17(8-12-19)25(33)29-21-5-3-4-6-22(21)34-2/h3-14H,15-16H2,1-2H3,(H,27,31)(H,28,32)(H,29,33)/p+1. The summed E-state index contributed by atoms with van der Waals surface area (Å²) in [5.74, 6) is -0.187. The number of benzene rings is 3. The van der Waals surface area contributed by atoms with Gasteiger partial charge in [-0.15, -0.1) is 0 Å². The van der Waals surface area contributed by atoms with Crippen LogP contribution < -0.4 is 25.6 Å². The van der Waals surface area contributed by atoms with Gasteiger partial charge in [0.25, 0.3) is 17.7 Å². The number of likely N-dealkylation sites (N-methyl/N-ethyl adjacent to an activating group) is 1. The van der Waals surface area contributed by atoms with E-state index in [-0.39, 0.29) is 30.8 Å². The summed E-state index contributed by atoms with van der Waals surface area (Å²) < 4.78 is 5.24. The molecule has 0 aliphatic carbocycles. The summed E-state index contributed by atoms with van der Waals surface area (Å²) in [5, 5.41) is 8.94. The number of nitrogens with one attached hydrogen (secondary N) is 4. The summed E-state index contributed by atoms with van der Waals surface area (Å²) in [6, 6.07) is 20.5. The molecule has 1 unspecified atom stereocenters. The highest BCUT2D eigenvalue weighted by Crippen LogP contribution is 2.23. The van der Waals surface area contributed by atoms with Crippen molar-refractivity contribution in [1.82, 2.24) is 0 Å². The Kier molecular flexibility index (Phi) is 8.61. The second-order valence-electron chi connectivity index (χ2n) is 7.65. The second kappa shape index (κ2) is 11.8. The third-order valence-electron chi connectivity index (χ3n) is 4.84. The fraction of sp³-hybridized carbons (Fsp3) is 0.160. The van der Waals surface area contributed by atoms with Crippen molar-refractivity contribution >= 4 is 46.4 Å². The number of carbonyl (C=O) groups excluding carboxylic acids is 3. The van der Waals surface area contributed by atoms with Crippen LogP contribution in [0.25, 0.3) is 0 Å². The Labute approximate surface area is 202 Å². The Morgan fingerprint density at radius 1 is 0.794 bits per heavy atom. The van der Waals surface area contributed by atoms with Gasteiger partial charge in [0.2, 0.25) is 0 Å². The van der Waals surface area contributed by atoms with E-state index in [0.717, 1.165) is 4.90 Å². The Bertz CT molecular complexity index is 1150. The molecule has 34 heavy (non-hydrogen) atoms. The van der Waals surface area contributed by atoms with Crippen LogP contribution in [0.5, 0.6) is 5.75 Å². The molecule has 3 rings (SSSR count). The zero-order chi connectivity index (χ0) is 24.5. The Morgan fingerprint density at radius 3 is 1.88 bits per heavy atom. The molecule has 0 aromatic heterocycles. The van der Waals surface area contributed by atoms with Crippen LogP contribution in [0.15, 0.2) is 72.8 Å². The molecule has 0 bridgehead atoms. The van der Waals surface area contributed by atoms with Gasteiger partial charge >= 0.3 is 0 Å². The van der Waals surface area contributed by atoms with E-state index in [1.54, 1.807) is 73.8 Å². The molecule has 0 heterocycles. The van der Waals surface area contributed by atoms with Crippen molar-refractivity contribution in [1.29, 1.82) is 0 Å². The van der Waals surface area contributed by atoms with Crippen LogP contribution >= 0.6 is 11.6 Å². The maximum atomic E-state index is 12.5. The molecular formula is C25H26ClN4O4+. The van der Waals surface area contributed by atoms with E-state index >= 15 is 0 Å². The lowest BCUT2D eigenvalue weighted by Crippen LogP contribution is -3.11. The van der Waals surface area contributed by atoms with Crippen molar-refractivity contribution < 1.29 is 24.0 Å². The molecule has 0 saturated carbocycles. The van der Waals surface area contributed by atoms with Crippen LogP contribution in [0.1, 0.15) is 10.4 Å². The van der Waals surface area contributed by atoms with Crippen molar-refractivity contribution in [2.75, 3.05) is 43.2 Å². The number of anilines is 3. The number of carbonyl (C=O) groups is 3. The second-order valence-corrected chi connectivity index (χ2v) is 8.08. The van der Waals surface area contributed by atoms with Gasteiger partial charge in [-0.1, -0.05) is 23.7 Å². The average Bonchev–Trinajstić information content (AvgIpc) is 2.81. The van der Waals surface area contributed by atoms with E-state index < -0.39 is 0 Å².